The normalized spacial score (nSPS) is 29.7. The van der Waals surface area contributed by atoms with Crippen LogP contribution in [0.2, 0.25) is 0 Å². The summed E-state index contributed by atoms with van der Waals surface area (Å²) in [5.41, 5.74) is 0.624. The molecule has 4 rings (SSSR count). The summed E-state index contributed by atoms with van der Waals surface area (Å²) >= 11 is 0. The largest absolute Gasteiger partial charge is 0.475 e. The van der Waals surface area contributed by atoms with Gasteiger partial charge in [0.1, 0.15) is 42.4 Å². The molecule has 22 nitrogen and oxygen atoms in total. The van der Waals surface area contributed by atoms with E-state index >= 15 is 0 Å². The molecule has 3 saturated heterocycles. The Morgan fingerprint density at radius 3 is 2.00 bits per heavy atom. The third-order valence-electron chi connectivity index (χ3n) is 11.2. The van der Waals surface area contributed by atoms with Crippen molar-refractivity contribution in [1.29, 1.82) is 0 Å². The number of hydrogen-bond donors (Lipinski definition) is 4. The quantitative estimate of drug-likeness (QED) is 0.0580. The Bertz CT molecular complexity index is 1630. The summed E-state index contributed by atoms with van der Waals surface area (Å²) in [7, 11) is -4.20. The number of amides is 1. The van der Waals surface area contributed by atoms with Crippen molar-refractivity contribution in [2.24, 2.45) is 0 Å². The van der Waals surface area contributed by atoms with Crippen LogP contribution in [0.5, 0.6) is 0 Å². The highest BCUT2D eigenvalue weighted by atomic mass is 31.2. The van der Waals surface area contributed by atoms with Crippen LogP contribution in [-0.4, -0.2) is 200 Å². The SMILES string of the molecule is CC(=O)NC1C(CC(=O)CCOCCOCCOCCOCCn2cc(CCOP(=O)(OC(C)[C@H]3O[C@@H](C)C[C@H]3OC(C)C)O[C@@H]3C[C@H](C)O[C@@H]3C(C)OC(C)C)nn2)OC(CO)C(O)C1O. The minimum absolute atomic E-state index is 0.0119. The molecular weight excluding hydrogens is 903 g/mol. The van der Waals surface area contributed by atoms with Crippen LogP contribution >= 0.6 is 7.82 Å². The van der Waals surface area contributed by atoms with Crippen molar-refractivity contribution < 1.29 is 85.7 Å². The third-order valence-corrected chi connectivity index (χ3v) is 12.8. The Hall–Kier alpha value is -2.09. The molecule has 1 aromatic rings. The average Bonchev–Trinajstić information content (AvgIpc) is 3.97. The summed E-state index contributed by atoms with van der Waals surface area (Å²) < 4.78 is 87.0. The lowest BCUT2D eigenvalue weighted by Gasteiger charge is -2.42. The highest BCUT2D eigenvalue weighted by molar-refractivity contribution is 7.48. The number of phosphoric ester groups is 1. The number of carbonyl (C=O) groups is 2. The lowest BCUT2D eigenvalue weighted by Crippen LogP contribution is -2.64. The van der Waals surface area contributed by atoms with Crippen molar-refractivity contribution in [3.63, 3.8) is 0 Å². The predicted molar refractivity (Wildman–Crippen MR) is 239 cm³/mol. The summed E-state index contributed by atoms with van der Waals surface area (Å²) in [5, 5.41) is 41.0. The van der Waals surface area contributed by atoms with Gasteiger partial charge in [-0.1, -0.05) is 5.21 Å². The van der Waals surface area contributed by atoms with Crippen LogP contribution in [0.1, 0.15) is 93.7 Å². The minimum Gasteiger partial charge on any atom is -0.394 e. The number of hydrogen-bond acceptors (Lipinski definition) is 20. The van der Waals surface area contributed by atoms with E-state index in [9.17, 15) is 29.5 Å². The Morgan fingerprint density at radius 2 is 1.40 bits per heavy atom. The van der Waals surface area contributed by atoms with E-state index in [0.717, 1.165) is 0 Å². The molecular formula is C44H79N4O18P. The van der Waals surface area contributed by atoms with E-state index < -0.39 is 75.2 Å². The summed E-state index contributed by atoms with van der Waals surface area (Å²) in [5.74, 6) is -0.678. The first-order valence-corrected chi connectivity index (χ1v) is 25.2. The molecule has 1 aromatic heterocycles. The Labute approximate surface area is 395 Å². The molecule has 0 bridgehead atoms. The third kappa shape index (κ3) is 19.9. The fourth-order valence-corrected chi connectivity index (χ4v) is 9.77. The molecule has 14 atom stereocenters. The number of aliphatic hydroxyl groups is 3. The molecule has 23 heteroatoms. The van der Waals surface area contributed by atoms with Crippen molar-refractivity contribution in [2.45, 2.75) is 192 Å². The summed E-state index contributed by atoms with van der Waals surface area (Å²) in [6, 6.07) is -0.999. The molecule has 0 aliphatic carbocycles. The number of ether oxygens (including phenoxy) is 9. The van der Waals surface area contributed by atoms with Crippen LogP contribution in [0.4, 0.5) is 0 Å². The monoisotopic (exact) mass is 983 g/mol. The van der Waals surface area contributed by atoms with Crippen LogP contribution in [0.3, 0.4) is 0 Å². The molecule has 8 unspecified atom stereocenters. The smallest absolute Gasteiger partial charge is 0.394 e. The molecule has 0 spiro atoms. The molecule has 0 saturated carbocycles. The second kappa shape index (κ2) is 29.3. The summed E-state index contributed by atoms with van der Waals surface area (Å²) in [6.45, 7) is 19.1. The van der Waals surface area contributed by atoms with Gasteiger partial charge in [0.25, 0.3) is 0 Å². The Kier molecular flexibility index (Phi) is 25.1. The van der Waals surface area contributed by atoms with Crippen molar-refractivity contribution in [2.75, 3.05) is 66.1 Å². The van der Waals surface area contributed by atoms with E-state index in [1.54, 1.807) is 17.8 Å². The number of Topliss-reactive ketones (excluding diaryl/α,β-unsaturated/α-hetero) is 1. The standard InChI is InChI=1S/C44H79N4O18P/c1-27(2)60-31(7)43-38(23-30(6)62-43)66-67(54,65-32(8)44-37(61-28(3)4)22-29(5)63-44)59-14-10-34-25-48(47-46-34)12-15-56-17-19-58-21-20-57-18-16-55-13-11-35(51)24-36-40(45-33(9)50)42(53)41(52)39(26-49)64-36/h25,27-32,36-44,49,52-53H,10-24,26H2,1-9H3,(H,45,50)/t29-,30-,31?,32?,36?,37+,38+,39?,40?,41?,42?,43+,44+,67?/m0/s1. The number of aliphatic hydroxyl groups excluding tert-OH is 3. The van der Waals surface area contributed by atoms with Crippen molar-refractivity contribution >= 4 is 19.5 Å². The van der Waals surface area contributed by atoms with Crippen LogP contribution < -0.4 is 5.32 Å². The zero-order valence-corrected chi connectivity index (χ0v) is 41.7. The van der Waals surface area contributed by atoms with Crippen LogP contribution in [0, 0.1) is 0 Å². The number of aromatic nitrogens is 3. The summed E-state index contributed by atoms with van der Waals surface area (Å²) in [4.78, 5) is 24.2. The molecule has 67 heavy (non-hydrogen) atoms. The Morgan fingerprint density at radius 1 is 0.806 bits per heavy atom. The second-order valence-electron chi connectivity index (χ2n) is 17.9. The highest BCUT2D eigenvalue weighted by Crippen LogP contribution is 2.54. The van der Waals surface area contributed by atoms with E-state index in [-0.39, 0.29) is 75.1 Å². The first-order valence-electron chi connectivity index (χ1n) is 23.7. The van der Waals surface area contributed by atoms with Gasteiger partial charge in [0.2, 0.25) is 5.91 Å². The van der Waals surface area contributed by atoms with E-state index in [1.165, 1.54) is 6.92 Å². The van der Waals surface area contributed by atoms with Gasteiger partial charge in [-0.25, -0.2) is 9.25 Å². The zero-order valence-electron chi connectivity index (χ0n) is 40.8. The van der Waals surface area contributed by atoms with Crippen LogP contribution in [0.15, 0.2) is 6.20 Å². The van der Waals surface area contributed by atoms with Gasteiger partial charge < -0.3 is 63.3 Å². The molecule has 1 amide bonds. The first kappa shape index (κ1) is 57.5. The van der Waals surface area contributed by atoms with Gasteiger partial charge in [0.15, 0.2) is 0 Å². The average molecular weight is 983 g/mol. The highest BCUT2D eigenvalue weighted by Gasteiger charge is 2.48. The van der Waals surface area contributed by atoms with E-state index in [1.807, 2.05) is 48.5 Å². The molecule has 3 aliphatic rings. The number of rotatable bonds is 33. The number of ketones is 1. The second-order valence-corrected chi connectivity index (χ2v) is 19.5. The predicted octanol–water partition coefficient (Wildman–Crippen LogP) is 2.10. The van der Waals surface area contributed by atoms with Gasteiger partial charge >= 0.3 is 7.82 Å². The Balaban J connectivity index is 1.09. The first-order chi connectivity index (χ1) is 31.9. The maximum Gasteiger partial charge on any atom is 0.475 e. The maximum atomic E-state index is 14.5. The fraction of sp³-hybridized carbons (Fsp3) is 0.909. The lowest BCUT2D eigenvalue weighted by molar-refractivity contribution is -0.196. The van der Waals surface area contributed by atoms with Crippen molar-refractivity contribution in [3.05, 3.63) is 11.9 Å². The van der Waals surface area contributed by atoms with Gasteiger partial charge in [-0.05, 0) is 55.4 Å². The molecule has 3 aliphatic heterocycles. The van der Waals surface area contributed by atoms with Gasteiger partial charge in [-0.3, -0.25) is 23.2 Å². The zero-order chi connectivity index (χ0) is 49.1. The van der Waals surface area contributed by atoms with Gasteiger partial charge in [-0.15, -0.1) is 5.10 Å². The van der Waals surface area contributed by atoms with Gasteiger partial charge in [-0.2, -0.15) is 0 Å². The number of phosphoric acid groups is 1. The molecule has 0 aromatic carbocycles. The van der Waals surface area contributed by atoms with Crippen molar-refractivity contribution in [3.8, 4) is 0 Å². The lowest BCUT2D eigenvalue weighted by atomic mass is 9.90. The van der Waals surface area contributed by atoms with Crippen molar-refractivity contribution in [1.82, 2.24) is 20.3 Å². The van der Waals surface area contributed by atoms with E-state index in [0.29, 0.717) is 71.1 Å². The van der Waals surface area contributed by atoms with Crippen LogP contribution in [-0.2, 0) is 83.3 Å². The van der Waals surface area contributed by atoms with Crippen LogP contribution in [0.25, 0.3) is 0 Å². The van der Waals surface area contributed by atoms with E-state index in [4.69, 9.17) is 56.2 Å². The van der Waals surface area contributed by atoms with Gasteiger partial charge in [0, 0.05) is 45.2 Å². The number of nitrogens with one attached hydrogen (secondary N) is 1. The fourth-order valence-electron chi connectivity index (χ4n) is 8.22. The minimum atomic E-state index is -4.20. The molecule has 388 valence electrons. The molecule has 3 fully saturated rings. The van der Waals surface area contributed by atoms with Gasteiger partial charge in [0.05, 0.1) is 133 Å². The van der Waals surface area contributed by atoms with E-state index in [2.05, 4.69) is 15.6 Å². The number of nitrogens with zero attached hydrogens (tertiary/aromatic N) is 3. The number of carbonyl (C=O) groups excluding carboxylic acids is 2. The molecule has 4 N–H and O–H groups in total. The maximum absolute atomic E-state index is 14.5. The summed E-state index contributed by atoms with van der Waals surface area (Å²) in [6.07, 6.45) is -4.68. The molecule has 4 heterocycles. The topological polar surface area (TPSA) is 265 Å². The molecule has 0 radical (unpaired) electrons.